The number of furan rings is 1. The Hall–Kier alpha value is -4.40. The van der Waals surface area contributed by atoms with Gasteiger partial charge in [-0.3, -0.25) is 14.4 Å². The van der Waals surface area contributed by atoms with Crippen LogP contribution in [0.25, 0.3) is 0 Å². The predicted octanol–water partition coefficient (Wildman–Crippen LogP) is 3.16. The number of benzene rings is 2. The van der Waals surface area contributed by atoms with Gasteiger partial charge in [0.05, 0.1) is 6.26 Å². The van der Waals surface area contributed by atoms with E-state index in [2.05, 4.69) is 5.32 Å². The monoisotopic (exact) mass is 487 g/mol. The molecule has 0 spiro atoms. The van der Waals surface area contributed by atoms with Gasteiger partial charge in [0.25, 0.3) is 11.8 Å². The molecule has 2 aliphatic rings. The Bertz CT molecular complexity index is 1300. The summed E-state index contributed by atoms with van der Waals surface area (Å²) in [5, 5.41) is 2.70. The molecule has 0 bridgehead atoms. The maximum absolute atomic E-state index is 13.0. The number of nitrogens with one attached hydrogen (secondary N) is 1. The third-order valence-corrected chi connectivity index (χ3v) is 6.37. The number of carbonyl (C=O) groups is 4. The molecule has 1 atom stereocenters. The third kappa shape index (κ3) is 4.86. The summed E-state index contributed by atoms with van der Waals surface area (Å²) in [7, 11) is 0. The number of ether oxygens (including phenoxy) is 1. The number of anilines is 2. The average molecular weight is 488 g/mol. The highest BCUT2D eigenvalue weighted by Gasteiger charge is 2.37. The van der Waals surface area contributed by atoms with Gasteiger partial charge in [0.15, 0.2) is 12.4 Å². The number of rotatable bonds is 6. The van der Waals surface area contributed by atoms with Crippen LogP contribution in [0.3, 0.4) is 0 Å². The zero-order valence-electron chi connectivity index (χ0n) is 19.5. The van der Waals surface area contributed by atoms with E-state index in [4.69, 9.17) is 9.15 Å². The first-order valence-corrected chi connectivity index (χ1v) is 11.8. The number of fused-ring (bicyclic) bond motifs is 1. The summed E-state index contributed by atoms with van der Waals surface area (Å²) in [5.41, 5.74) is 3.09. The second-order valence-electron chi connectivity index (χ2n) is 8.75. The van der Waals surface area contributed by atoms with Gasteiger partial charge in [0.1, 0.15) is 6.04 Å². The number of nitrogens with zero attached hydrogens (tertiary/aromatic N) is 2. The van der Waals surface area contributed by atoms with Gasteiger partial charge < -0.3 is 24.3 Å². The van der Waals surface area contributed by atoms with Gasteiger partial charge in [-0.2, -0.15) is 0 Å². The van der Waals surface area contributed by atoms with E-state index in [9.17, 15) is 19.2 Å². The van der Waals surface area contributed by atoms with E-state index in [-0.39, 0.29) is 24.6 Å². The summed E-state index contributed by atoms with van der Waals surface area (Å²) in [6.45, 7) is 0.363. The first-order chi connectivity index (χ1) is 17.5. The van der Waals surface area contributed by atoms with Crippen molar-refractivity contribution in [3.8, 4) is 0 Å². The van der Waals surface area contributed by atoms with Gasteiger partial charge in [-0.05, 0) is 47.9 Å². The van der Waals surface area contributed by atoms with E-state index >= 15 is 0 Å². The van der Waals surface area contributed by atoms with Crippen molar-refractivity contribution in [1.82, 2.24) is 4.90 Å². The minimum Gasteiger partial charge on any atom is -0.459 e. The van der Waals surface area contributed by atoms with Gasteiger partial charge in [-0.1, -0.05) is 30.3 Å². The van der Waals surface area contributed by atoms with Crippen molar-refractivity contribution in [3.05, 3.63) is 83.8 Å². The number of hydrogen-bond donors (Lipinski definition) is 1. The van der Waals surface area contributed by atoms with Crippen LogP contribution in [0.5, 0.6) is 0 Å². The van der Waals surface area contributed by atoms with Crippen LogP contribution in [0.2, 0.25) is 0 Å². The standard InChI is InChI=1S/C27H25N3O6/c31-24(28-20-8-3-9-21(15-20)29-12-4-11-25(29)32)17-36-27(34)22-14-18-6-1-2-7-19(18)16-30(22)26(33)23-10-5-13-35-23/h1-3,5-10,13,15,22H,4,11-12,14,16-17H2,(H,28,31)/t22-/m0/s1. The summed E-state index contributed by atoms with van der Waals surface area (Å²) in [6.07, 6.45) is 2.99. The molecule has 0 saturated carbocycles. The number of esters is 1. The molecule has 9 heteroatoms. The molecule has 2 aliphatic heterocycles. The molecule has 1 saturated heterocycles. The molecule has 3 heterocycles. The molecule has 1 fully saturated rings. The molecule has 5 rings (SSSR count). The normalized spacial score (nSPS) is 17.0. The smallest absolute Gasteiger partial charge is 0.329 e. The van der Waals surface area contributed by atoms with Crippen LogP contribution in [0, 0.1) is 0 Å². The quantitative estimate of drug-likeness (QED) is 0.535. The van der Waals surface area contributed by atoms with Crippen molar-refractivity contribution >= 4 is 35.1 Å². The van der Waals surface area contributed by atoms with Crippen molar-refractivity contribution in [2.24, 2.45) is 0 Å². The lowest BCUT2D eigenvalue weighted by Gasteiger charge is -2.34. The molecular formula is C27H25N3O6. The summed E-state index contributed by atoms with van der Waals surface area (Å²) in [5.74, 6) is -1.44. The second kappa shape index (κ2) is 10.1. The largest absolute Gasteiger partial charge is 0.459 e. The van der Waals surface area contributed by atoms with E-state index in [1.165, 1.54) is 11.2 Å². The van der Waals surface area contributed by atoms with Crippen molar-refractivity contribution in [1.29, 1.82) is 0 Å². The second-order valence-corrected chi connectivity index (χ2v) is 8.75. The molecule has 184 valence electrons. The molecule has 3 aromatic rings. The first-order valence-electron chi connectivity index (χ1n) is 11.8. The predicted molar refractivity (Wildman–Crippen MR) is 130 cm³/mol. The number of amides is 3. The maximum atomic E-state index is 13.0. The Balaban J connectivity index is 1.24. The van der Waals surface area contributed by atoms with Crippen LogP contribution < -0.4 is 10.2 Å². The number of hydrogen-bond acceptors (Lipinski definition) is 6. The third-order valence-electron chi connectivity index (χ3n) is 6.37. The van der Waals surface area contributed by atoms with E-state index in [0.717, 1.165) is 17.5 Å². The zero-order chi connectivity index (χ0) is 25.1. The fourth-order valence-corrected chi connectivity index (χ4v) is 4.59. The minimum atomic E-state index is -0.894. The topological polar surface area (TPSA) is 109 Å². The summed E-state index contributed by atoms with van der Waals surface area (Å²) >= 11 is 0. The Kier molecular flexibility index (Phi) is 6.53. The van der Waals surface area contributed by atoms with Crippen LogP contribution in [0.15, 0.2) is 71.3 Å². The van der Waals surface area contributed by atoms with Crippen molar-refractivity contribution in [2.45, 2.75) is 31.8 Å². The Morgan fingerprint density at radius 1 is 1.03 bits per heavy atom. The molecule has 2 aromatic carbocycles. The van der Waals surface area contributed by atoms with Crippen molar-refractivity contribution in [3.63, 3.8) is 0 Å². The highest BCUT2D eigenvalue weighted by atomic mass is 16.5. The molecule has 0 radical (unpaired) electrons. The summed E-state index contributed by atoms with van der Waals surface area (Å²) < 4.78 is 10.6. The lowest BCUT2D eigenvalue weighted by molar-refractivity contribution is -0.152. The fourth-order valence-electron chi connectivity index (χ4n) is 4.59. The maximum Gasteiger partial charge on any atom is 0.329 e. The molecule has 0 aliphatic carbocycles. The van der Waals surface area contributed by atoms with E-state index < -0.39 is 30.4 Å². The molecule has 36 heavy (non-hydrogen) atoms. The van der Waals surface area contributed by atoms with Crippen LogP contribution >= 0.6 is 0 Å². The molecule has 9 nitrogen and oxygen atoms in total. The average Bonchev–Trinajstić information content (AvgIpc) is 3.58. The Morgan fingerprint density at radius 2 is 1.86 bits per heavy atom. The zero-order valence-corrected chi connectivity index (χ0v) is 19.5. The first kappa shape index (κ1) is 23.3. The number of carbonyl (C=O) groups excluding carboxylic acids is 4. The van der Waals surface area contributed by atoms with Gasteiger partial charge in [-0.15, -0.1) is 0 Å². The van der Waals surface area contributed by atoms with Gasteiger partial charge in [0.2, 0.25) is 5.91 Å². The highest BCUT2D eigenvalue weighted by molar-refractivity contribution is 5.98. The fraction of sp³-hybridized carbons (Fsp3) is 0.259. The van der Waals surface area contributed by atoms with Gasteiger partial charge >= 0.3 is 5.97 Å². The molecule has 0 unspecified atom stereocenters. The van der Waals surface area contributed by atoms with Crippen molar-refractivity contribution < 1.29 is 28.3 Å². The van der Waals surface area contributed by atoms with Gasteiger partial charge in [0, 0.05) is 37.3 Å². The Labute approximate surface area is 207 Å². The lowest BCUT2D eigenvalue weighted by Crippen LogP contribution is -2.49. The van der Waals surface area contributed by atoms with E-state index in [0.29, 0.717) is 24.3 Å². The Morgan fingerprint density at radius 3 is 2.61 bits per heavy atom. The van der Waals surface area contributed by atoms with Crippen molar-refractivity contribution in [2.75, 3.05) is 23.4 Å². The molecule has 1 aromatic heterocycles. The van der Waals surface area contributed by atoms with Crippen LogP contribution in [-0.2, 0) is 32.1 Å². The summed E-state index contributed by atoms with van der Waals surface area (Å²) in [6, 6.07) is 16.8. The highest BCUT2D eigenvalue weighted by Crippen LogP contribution is 2.27. The lowest BCUT2D eigenvalue weighted by atomic mass is 9.93. The SMILES string of the molecule is O=C(COC(=O)[C@@H]1Cc2ccccc2CN1C(=O)c1ccco1)Nc1cccc(N2CCCC2=O)c1. The van der Waals surface area contributed by atoms with Crippen LogP contribution in [0.1, 0.15) is 34.5 Å². The minimum absolute atomic E-state index is 0.0510. The molecule has 1 N–H and O–H groups in total. The van der Waals surface area contributed by atoms with Crippen LogP contribution in [-0.4, -0.2) is 47.8 Å². The molecule has 3 amide bonds. The van der Waals surface area contributed by atoms with Crippen LogP contribution in [0.4, 0.5) is 11.4 Å². The molecular weight excluding hydrogens is 462 g/mol. The van der Waals surface area contributed by atoms with Gasteiger partial charge in [-0.25, -0.2) is 4.79 Å². The van der Waals surface area contributed by atoms with E-state index in [1.807, 2.05) is 30.3 Å². The van der Waals surface area contributed by atoms with E-state index in [1.54, 1.807) is 35.2 Å². The summed E-state index contributed by atoms with van der Waals surface area (Å²) in [4.78, 5) is 53.7.